The molecule has 0 aromatic rings. The molecule has 0 rings (SSSR count). The zero-order valence-electron chi connectivity index (χ0n) is 11.5. The second-order valence-electron chi connectivity index (χ2n) is 4.44. The Balaban J connectivity index is 4.24. The monoisotopic (exact) mass is 227 g/mol. The highest BCUT2D eigenvalue weighted by Gasteiger charge is 2.19. The van der Waals surface area contributed by atoms with Crippen LogP contribution in [0.15, 0.2) is 12.2 Å². The average molecular weight is 227 g/mol. The summed E-state index contributed by atoms with van der Waals surface area (Å²) in [6.45, 7) is 14.3. The van der Waals surface area contributed by atoms with Crippen LogP contribution in [-0.2, 0) is 4.74 Å². The summed E-state index contributed by atoms with van der Waals surface area (Å²) < 4.78 is 5.84. The first-order chi connectivity index (χ1) is 7.65. The Hall–Kier alpha value is -0.340. The van der Waals surface area contributed by atoms with Crippen LogP contribution in [0, 0.1) is 0 Å². The van der Waals surface area contributed by atoms with Gasteiger partial charge in [0.25, 0.3) is 0 Å². The number of nitrogens with one attached hydrogen (secondary N) is 1. The fourth-order valence-electron chi connectivity index (χ4n) is 1.98. The van der Waals surface area contributed by atoms with Gasteiger partial charge in [0.05, 0.1) is 6.10 Å². The van der Waals surface area contributed by atoms with Crippen LogP contribution in [0.3, 0.4) is 0 Å². The van der Waals surface area contributed by atoms with E-state index in [9.17, 15) is 0 Å². The van der Waals surface area contributed by atoms with Gasteiger partial charge < -0.3 is 10.1 Å². The van der Waals surface area contributed by atoms with E-state index in [1.54, 1.807) is 0 Å². The third-order valence-electron chi connectivity index (χ3n) is 2.75. The maximum Gasteiger partial charge on any atom is 0.0727 e. The molecule has 0 aliphatic heterocycles. The number of likely N-dealkylation sites (N-methyl/N-ethyl adjacent to an activating group) is 1. The molecule has 0 radical (unpaired) electrons. The third-order valence-corrected chi connectivity index (χ3v) is 2.75. The van der Waals surface area contributed by atoms with E-state index in [4.69, 9.17) is 4.74 Å². The van der Waals surface area contributed by atoms with Crippen molar-refractivity contribution < 1.29 is 4.74 Å². The second-order valence-corrected chi connectivity index (χ2v) is 4.44. The Morgan fingerprint density at radius 2 is 1.94 bits per heavy atom. The molecule has 0 amide bonds. The first-order valence-electron chi connectivity index (χ1n) is 6.64. The summed E-state index contributed by atoms with van der Waals surface area (Å²) in [5.74, 6) is 0. The maximum atomic E-state index is 5.84. The normalized spacial score (nSPS) is 14.8. The summed E-state index contributed by atoms with van der Waals surface area (Å²) in [7, 11) is 0. The molecule has 2 atom stereocenters. The second kappa shape index (κ2) is 9.86. The summed E-state index contributed by atoms with van der Waals surface area (Å²) >= 11 is 0. The van der Waals surface area contributed by atoms with E-state index in [0.717, 1.165) is 32.4 Å². The van der Waals surface area contributed by atoms with Gasteiger partial charge in [-0.2, -0.15) is 0 Å². The Kier molecular flexibility index (Phi) is 9.65. The van der Waals surface area contributed by atoms with Crippen LogP contribution in [0.4, 0.5) is 0 Å². The summed E-state index contributed by atoms with van der Waals surface area (Å²) in [6, 6.07) is 0.474. The molecule has 0 fully saturated rings. The van der Waals surface area contributed by atoms with Crippen LogP contribution >= 0.6 is 0 Å². The van der Waals surface area contributed by atoms with Crippen molar-refractivity contribution in [3.8, 4) is 0 Å². The fourth-order valence-corrected chi connectivity index (χ4v) is 1.98. The van der Waals surface area contributed by atoms with Gasteiger partial charge in [-0.25, -0.2) is 0 Å². The van der Waals surface area contributed by atoms with Crippen molar-refractivity contribution >= 4 is 0 Å². The number of rotatable bonds is 10. The summed E-state index contributed by atoms with van der Waals surface area (Å²) in [5.41, 5.74) is 1.26. The smallest absolute Gasteiger partial charge is 0.0727 e. The fraction of sp³-hybridized carbons (Fsp3) is 0.857. The van der Waals surface area contributed by atoms with E-state index in [1.807, 2.05) is 0 Å². The molecule has 0 saturated carbocycles. The standard InChI is InChI=1S/C14H29NO/c1-6-9-14(16-8-3)13(15-7-2)11-10-12(4)5/h13-15H,4,6-11H2,1-3,5H3. The van der Waals surface area contributed by atoms with E-state index in [2.05, 4.69) is 39.6 Å². The highest BCUT2D eigenvalue weighted by atomic mass is 16.5. The summed E-state index contributed by atoms with van der Waals surface area (Å²) in [6.07, 6.45) is 4.90. The van der Waals surface area contributed by atoms with Crippen LogP contribution in [0.2, 0.25) is 0 Å². The van der Waals surface area contributed by atoms with Crippen molar-refractivity contribution in [3.63, 3.8) is 0 Å². The lowest BCUT2D eigenvalue weighted by Crippen LogP contribution is -2.41. The summed E-state index contributed by atoms with van der Waals surface area (Å²) in [5, 5.41) is 3.54. The van der Waals surface area contributed by atoms with Crippen molar-refractivity contribution in [2.75, 3.05) is 13.2 Å². The van der Waals surface area contributed by atoms with Gasteiger partial charge in [0.1, 0.15) is 0 Å². The van der Waals surface area contributed by atoms with Crippen molar-refractivity contribution in [2.45, 2.75) is 65.5 Å². The molecular weight excluding hydrogens is 198 g/mol. The maximum absolute atomic E-state index is 5.84. The molecule has 0 aromatic carbocycles. The Bertz CT molecular complexity index is 174. The lowest BCUT2D eigenvalue weighted by Gasteiger charge is -2.27. The summed E-state index contributed by atoms with van der Waals surface area (Å²) in [4.78, 5) is 0. The van der Waals surface area contributed by atoms with Gasteiger partial charge in [-0.1, -0.05) is 25.8 Å². The first kappa shape index (κ1) is 15.7. The molecule has 0 spiro atoms. The van der Waals surface area contributed by atoms with Gasteiger partial charge in [-0.3, -0.25) is 0 Å². The van der Waals surface area contributed by atoms with Crippen molar-refractivity contribution in [3.05, 3.63) is 12.2 Å². The van der Waals surface area contributed by atoms with E-state index in [-0.39, 0.29) is 0 Å². The lowest BCUT2D eigenvalue weighted by atomic mass is 9.99. The van der Waals surface area contributed by atoms with Gasteiger partial charge in [0.2, 0.25) is 0 Å². The minimum atomic E-state index is 0.356. The average Bonchev–Trinajstić information content (AvgIpc) is 2.24. The molecule has 0 aliphatic carbocycles. The molecule has 0 aliphatic rings. The van der Waals surface area contributed by atoms with Crippen LogP contribution in [0.1, 0.15) is 53.4 Å². The quantitative estimate of drug-likeness (QED) is 0.577. The first-order valence-corrected chi connectivity index (χ1v) is 6.64. The Morgan fingerprint density at radius 1 is 1.25 bits per heavy atom. The molecule has 0 aromatic heterocycles. The Morgan fingerprint density at radius 3 is 2.38 bits per heavy atom. The molecule has 2 unspecified atom stereocenters. The van der Waals surface area contributed by atoms with Crippen molar-refractivity contribution in [1.82, 2.24) is 5.32 Å². The van der Waals surface area contributed by atoms with Crippen molar-refractivity contribution in [1.29, 1.82) is 0 Å². The van der Waals surface area contributed by atoms with Gasteiger partial charge in [-0.15, -0.1) is 6.58 Å². The van der Waals surface area contributed by atoms with Gasteiger partial charge in [-0.05, 0) is 39.7 Å². The highest BCUT2D eigenvalue weighted by molar-refractivity contribution is 4.90. The lowest BCUT2D eigenvalue weighted by molar-refractivity contribution is 0.0264. The molecule has 0 saturated heterocycles. The molecule has 2 heteroatoms. The molecule has 0 bridgehead atoms. The Labute approximate surface area is 101 Å². The van der Waals surface area contributed by atoms with Crippen LogP contribution in [-0.4, -0.2) is 25.3 Å². The molecule has 0 heterocycles. The number of allylic oxidation sites excluding steroid dienone is 1. The van der Waals surface area contributed by atoms with Gasteiger partial charge in [0, 0.05) is 12.6 Å². The zero-order chi connectivity index (χ0) is 12.4. The van der Waals surface area contributed by atoms with E-state index < -0.39 is 0 Å². The number of hydrogen-bond acceptors (Lipinski definition) is 2. The van der Waals surface area contributed by atoms with E-state index in [1.165, 1.54) is 12.0 Å². The molecule has 16 heavy (non-hydrogen) atoms. The number of hydrogen-bond donors (Lipinski definition) is 1. The molecular formula is C14H29NO. The van der Waals surface area contributed by atoms with Gasteiger partial charge >= 0.3 is 0 Å². The SMILES string of the molecule is C=C(C)CCC(NCC)C(CCC)OCC. The van der Waals surface area contributed by atoms with Crippen LogP contribution in [0.25, 0.3) is 0 Å². The topological polar surface area (TPSA) is 21.3 Å². The molecule has 96 valence electrons. The van der Waals surface area contributed by atoms with E-state index >= 15 is 0 Å². The van der Waals surface area contributed by atoms with Crippen molar-refractivity contribution in [2.24, 2.45) is 0 Å². The van der Waals surface area contributed by atoms with Crippen LogP contribution in [0.5, 0.6) is 0 Å². The zero-order valence-corrected chi connectivity index (χ0v) is 11.5. The predicted molar refractivity (Wildman–Crippen MR) is 71.8 cm³/mol. The van der Waals surface area contributed by atoms with E-state index in [0.29, 0.717) is 12.1 Å². The minimum absolute atomic E-state index is 0.356. The molecule has 1 N–H and O–H groups in total. The van der Waals surface area contributed by atoms with Crippen LogP contribution < -0.4 is 5.32 Å². The third kappa shape index (κ3) is 7.02. The highest BCUT2D eigenvalue weighted by Crippen LogP contribution is 2.14. The molecule has 2 nitrogen and oxygen atoms in total. The predicted octanol–water partition coefficient (Wildman–Crippen LogP) is 3.53. The van der Waals surface area contributed by atoms with Gasteiger partial charge in [0.15, 0.2) is 0 Å². The largest absolute Gasteiger partial charge is 0.377 e. The number of ether oxygens (including phenoxy) is 1. The minimum Gasteiger partial charge on any atom is -0.377 e.